The molecule has 12 heavy (non-hydrogen) atoms. The molecule has 0 aliphatic rings. The van der Waals surface area contributed by atoms with Crippen molar-refractivity contribution in [1.82, 2.24) is 0 Å². The van der Waals surface area contributed by atoms with Gasteiger partial charge < -0.3 is 10.5 Å². The van der Waals surface area contributed by atoms with Crippen LogP contribution in [-0.2, 0) is 9.53 Å². The summed E-state index contributed by atoms with van der Waals surface area (Å²) in [6.45, 7) is 8.89. The summed E-state index contributed by atoms with van der Waals surface area (Å²) in [6, 6.07) is 0.512. The predicted octanol–water partition coefficient (Wildman–Crippen LogP) is 1.21. The van der Waals surface area contributed by atoms with Crippen LogP contribution in [0, 0.1) is 0 Å². The van der Waals surface area contributed by atoms with Crippen molar-refractivity contribution in [3.8, 4) is 0 Å². The maximum Gasteiger partial charge on any atom is 0.322 e. The van der Waals surface area contributed by atoms with Crippen molar-refractivity contribution in [2.45, 2.75) is 38.7 Å². The molecule has 0 aliphatic carbocycles. The van der Waals surface area contributed by atoms with Gasteiger partial charge in [-0.3, -0.25) is 4.79 Å². The zero-order valence-electron chi connectivity index (χ0n) is 8.39. The number of carbonyl (C=O) groups is 1. The van der Waals surface area contributed by atoms with Gasteiger partial charge in [0.2, 0.25) is 0 Å². The van der Waals surface area contributed by atoms with Crippen LogP contribution < -0.4 is 5.73 Å². The van der Waals surface area contributed by atoms with Gasteiger partial charge in [-0.05, 0) is 13.0 Å². The SMILES string of the molecule is C[C@H](N)C(=O)OCC[Si](C)(C)C. The van der Waals surface area contributed by atoms with E-state index in [4.69, 9.17) is 10.5 Å². The van der Waals surface area contributed by atoms with Crippen LogP contribution in [0.3, 0.4) is 0 Å². The Morgan fingerprint density at radius 2 is 2.00 bits per heavy atom. The topological polar surface area (TPSA) is 52.3 Å². The molecule has 1 atom stereocenters. The fourth-order valence-electron chi connectivity index (χ4n) is 0.589. The monoisotopic (exact) mass is 189 g/mol. The highest BCUT2D eigenvalue weighted by atomic mass is 28.3. The van der Waals surface area contributed by atoms with E-state index in [-0.39, 0.29) is 5.97 Å². The molecule has 0 saturated carbocycles. The molecule has 0 saturated heterocycles. The third kappa shape index (κ3) is 6.36. The molecule has 4 heteroatoms. The minimum atomic E-state index is -1.08. The second-order valence-corrected chi connectivity index (χ2v) is 9.89. The van der Waals surface area contributed by atoms with Gasteiger partial charge in [0.05, 0.1) is 6.61 Å². The molecule has 0 unspecified atom stereocenters. The first-order chi connectivity index (χ1) is 5.33. The molecule has 0 aliphatic heterocycles. The fourth-order valence-corrected chi connectivity index (χ4v) is 1.30. The number of esters is 1. The minimum Gasteiger partial charge on any atom is -0.465 e. The summed E-state index contributed by atoms with van der Waals surface area (Å²) in [6.07, 6.45) is 0. The number of nitrogens with two attached hydrogens (primary N) is 1. The van der Waals surface area contributed by atoms with Crippen molar-refractivity contribution in [2.75, 3.05) is 6.61 Å². The van der Waals surface area contributed by atoms with E-state index in [1.54, 1.807) is 6.92 Å². The first-order valence-corrected chi connectivity index (χ1v) is 7.96. The van der Waals surface area contributed by atoms with Gasteiger partial charge in [-0.2, -0.15) is 0 Å². The summed E-state index contributed by atoms with van der Waals surface area (Å²) in [5.74, 6) is -0.298. The Labute approximate surface area is 75.3 Å². The molecule has 0 spiro atoms. The quantitative estimate of drug-likeness (QED) is 0.534. The number of hydrogen-bond acceptors (Lipinski definition) is 3. The van der Waals surface area contributed by atoms with Crippen molar-refractivity contribution in [3.05, 3.63) is 0 Å². The third-order valence-electron chi connectivity index (χ3n) is 1.47. The van der Waals surface area contributed by atoms with E-state index in [9.17, 15) is 4.79 Å². The molecule has 0 heterocycles. The lowest BCUT2D eigenvalue weighted by atomic mass is 10.4. The van der Waals surface area contributed by atoms with Crippen LogP contribution in [0.2, 0.25) is 25.7 Å². The van der Waals surface area contributed by atoms with Crippen LogP contribution >= 0.6 is 0 Å². The van der Waals surface area contributed by atoms with E-state index in [1.165, 1.54) is 0 Å². The summed E-state index contributed by atoms with van der Waals surface area (Å²) in [4.78, 5) is 10.9. The van der Waals surface area contributed by atoms with Gasteiger partial charge in [-0.25, -0.2) is 0 Å². The molecule has 0 aromatic rings. The molecule has 0 aromatic heterocycles. The lowest BCUT2D eigenvalue weighted by Crippen LogP contribution is -2.30. The van der Waals surface area contributed by atoms with Crippen LogP contribution in [0.4, 0.5) is 0 Å². The van der Waals surface area contributed by atoms with Crippen molar-refractivity contribution >= 4 is 14.0 Å². The predicted molar refractivity (Wildman–Crippen MR) is 52.8 cm³/mol. The molecular formula is C8H19NO2Si. The highest BCUT2D eigenvalue weighted by Gasteiger charge is 2.14. The standard InChI is InChI=1S/C8H19NO2Si/c1-7(9)8(10)11-5-6-12(2,3)4/h7H,5-6,9H2,1-4H3/t7-/m0/s1. The van der Waals surface area contributed by atoms with Gasteiger partial charge in [0.25, 0.3) is 0 Å². The van der Waals surface area contributed by atoms with Gasteiger partial charge in [0.1, 0.15) is 6.04 Å². The maximum absolute atomic E-state index is 10.9. The molecule has 0 bridgehead atoms. The third-order valence-corrected chi connectivity index (χ3v) is 3.17. The highest BCUT2D eigenvalue weighted by Crippen LogP contribution is 2.07. The van der Waals surface area contributed by atoms with E-state index in [0.29, 0.717) is 6.61 Å². The zero-order valence-corrected chi connectivity index (χ0v) is 9.39. The number of carbonyl (C=O) groups excluding carboxylic acids is 1. The summed E-state index contributed by atoms with van der Waals surface area (Å²) in [5.41, 5.74) is 5.32. The molecule has 0 amide bonds. The second-order valence-electron chi connectivity index (χ2n) is 4.27. The van der Waals surface area contributed by atoms with Gasteiger partial charge in [-0.15, -0.1) is 0 Å². The fraction of sp³-hybridized carbons (Fsp3) is 0.875. The molecular weight excluding hydrogens is 170 g/mol. The molecule has 3 nitrogen and oxygen atoms in total. The highest BCUT2D eigenvalue weighted by molar-refractivity contribution is 6.76. The van der Waals surface area contributed by atoms with Gasteiger partial charge in [-0.1, -0.05) is 19.6 Å². The number of hydrogen-bond donors (Lipinski definition) is 1. The molecule has 0 rings (SSSR count). The molecule has 0 aromatic carbocycles. The first-order valence-electron chi connectivity index (χ1n) is 4.25. The van der Waals surface area contributed by atoms with Crippen molar-refractivity contribution in [3.63, 3.8) is 0 Å². The van der Waals surface area contributed by atoms with Gasteiger partial charge in [0.15, 0.2) is 0 Å². The van der Waals surface area contributed by atoms with Crippen LogP contribution in [0.25, 0.3) is 0 Å². The zero-order chi connectivity index (χ0) is 9.78. The molecule has 72 valence electrons. The Kier molecular flexibility index (Phi) is 4.48. The van der Waals surface area contributed by atoms with Crippen molar-refractivity contribution < 1.29 is 9.53 Å². The summed E-state index contributed by atoms with van der Waals surface area (Å²) >= 11 is 0. The maximum atomic E-state index is 10.9. The normalized spacial score (nSPS) is 14.1. The summed E-state index contributed by atoms with van der Waals surface area (Å²) < 4.78 is 4.95. The van der Waals surface area contributed by atoms with Crippen LogP contribution in [0.15, 0.2) is 0 Å². The Bertz CT molecular complexity index is 152. The Balaban J connectivity index is 3.51. The molecule has 0 radical (unpaired) electrons. The largest absolute Gasteiger partial charge is 0.465 e. The molecule has 0 fully saturated rings. The van der Waals surface area contributed by atoms with E-state index < -0.39 is 14.1 Å². The number of ether oxygens (including phenoxy) is 1. The number of rotatable bonds is 4. The lowest BCUT2D eigenvalue weighted by Gasteiger charge is -2.15. The van der Waals surface area contributed by atoms with Crippen LogP contribution in [0.1, 0.15) is 6.92 Å². The molecule has 2 N–H and O–H groups in total. The van der Waals surface area contributed by atoms with E-state index in [1.807, 2.05) is 0 Å². The first kappa shape index (κ1) is 11.6. The lowest BCUT2D eigenvalue weighted by molar-refractivity contribution is -0.144. The van der Waals surface area contributed by atoms with E-state index in [0.717, 1.165) is 6.04 Å². The van der Waals surface area contributed by atoms with E-state index in [2.05, 4.69) is 19.6 Å². The van der Waals surface area contributed by atoms with E-state index >= 15 is 0 Å². The smallest absolute Gasteiger partial charge is 0.322 e. The van der Waals surface area contributed by atoms with Crippen LogP contribution in [-0.4, -0.2) is 26.7 Å². The Morgan fingerprint density at radius 1 is 1.50 bits per heavy atom. The van der Waals surface area contributed by atoms with Gasteiger partial charge >= 0.3 is 5.97 Å². The van der Waals surface area contributed by atoms with Crippen molar-refractivity contribution in [2.24, 2.45) is 5.73 Å². The van der Waals surface area contributed by atoms with Gasteiger partial charge in [0, 0.05) is 8.07 Å². The average molecular weight is 189 g/mol. The summed E-state index contributed by atoms with van der Waals surface area (Å²) in [7, 11) is -1.08. The van der Waals surface area contributed by atoms with Crippen LogP contribution in [0.5, 0.6) is 0 Å². The Hall–Kier alpha value is -0.353. The van der Waals surface area contributed by atoms with Crippen molar-refractivity contribution in [1.29, 1.82) is 0 Å². The summed E-state index contributed by atoms with van der Waals surface area (Å²) in [5, 5.41) is 0. The minimum absolute atomic E-state index is 0.298. The second kappa shape index (κ2) is 4.62. The average Bonchev–Trinajstić information content (AvgIpc) is 1.84. The Morgan fingerprint density at radius 3 is 2.33 bits per heavy atom.